The van der Waals surface area contributed by atoms with Crippen molar-refractivity contribution < 1.29 is 19.1 Å². The molecule has 2 fully saturated rings. The Hall–Kier alpha value is -4.24. The van der Waals surface area contributed by atoms with Crippen molar-refractivity contribution in [2.24, 2.45) is 0 Å². The highest BCUT2D eigenvalue weighted by Gasteiger charge is 2.25. The molecule has 1 unspecified atom stereocenters. The van der Waals surface area contributed by atoms with Crippen LogP contribution in [0.15, 0.2) is 66.7 Å². The molecule has 1 atom stereocenters. The SMILES string of the molecule is CCc1ccccc1NC(=O)Nc1ccc(N2CCN(c3ccccc3OC)CC2)c(C(=O)NCC2CCCO2)c1. The molecule has 3 aromatic carbocycles. The highest BCUT2D eigenvalue weighted by atomic mass is 16.5. The molecule has 2 aliphatic rings. The molecule has 5 rings (SSSR count). The van der Waals surface area contributed by atoms with Crippen molar-refractivity contribution in [2.45, 2.75) is 32.3 Å². The third kappa shape index (κ3) is 6.92. The Bertz CT molecular complexity index is 1350. The fraction of sp³-hybridized carbons (Fsp3) is 0.375. The summed E-state index contributed by atoms with van der Waals surface area (Å²) in [5.74, 6) is 0.674. The van der Waals surface area contributed by atoms with E-state index in [9.17, 15) is 9.59 Å². The summed E-state index contributed by atoms with van der Waals surface area (Å²) in [7, 11) is 1.69. The molecule has 216 valence electrons. The minimum atomic E-state index is -0.352. The molecule has 0 bridgehead atoms. The van der Waals surface area contributed by atoms with Gasteiger partial charge in [0.05, 0.1) is 24.5 Å². The lowest BCUT2D eigenvalue weighted by Gasteiger charge is -2.38. The summed E-state index contributed by atoms with van der Waals surface area (Å²) in [4.78, 5) is 30.9. The number of hydrogen-bond acceptors (Lipinski definition) is 6. The summed E-state index contributed by atoms with van der Waals surface area (Å²) in [6.07, 6.45) is 2.80. The summed E-state index contributed by atoms with van der Waals surface area (Å²) in [5.41, 5.74) is 4.82. The number of piperazine rings is 1. The highest BCUT2D eigenvalue weighted by Crippen LogP contribution is 2.31. The van der Waals surface area contributed by atoms with Gasteiger partial charge < -0.3 is 35.2 Å². The molecule has 0 aromatic heterocycles. The number of amides is 3. The smallest absolute Gasteiger partial charge is 0.323 e. The third-order valence-electron chi connectivity index (χ3n) is 7.71. The first-order valence-corrected chi connectivity index (χ1v) is 14.4. The molecule has 2 saturated heterocycles. The zero-order chi connectivity index (χ0) is 28.6. The molecule has 3 aromatic rings. The number of anilines is 4. The Balaban J connectivity index is 1.32. The Morgan fingerprint density at radius 1 is 0.927 bits per heavy atom. The van der Waals surface area contributed by atoms with Gasteiger partial charge in [0.15, 0.2) is 0 Å². The van der Waals surface area contributed by atoms with Crippen LogP contribution in [0.3, 0.4) is 0 Å². The molecule has 2 aliphatic heterocycles. The highest BCUT2D eigenvalue weighted by molar-refractivity contribution is 6.04. The minimum absolute atomic E-state index is 0.0394. The Morgan fingerprint density at radius 2 is 1.66 bits per heavy atom. The molecule has 41 heavy (non-hydrogen) atoms. The van der Waals surface area contributed by atoms with Gasteiger partial charge in [-0.1, -0.05) is 37.3 Å². The van der Waals surface area contributed by atoms with Gasteiger partial charge in [-0.3, -0.25) is 4.79 Å². The topological polar surface area (TPSA) is 95.2 Å². The molecule has 3 amide bonds. The molecule has 0 spiro atoms. The second-order valence-electron chi connectivity index (χ2n) is 10.3. The molecule has 0 radical (unpaired) electrons. The van der Waals surface area contributed by atoms with Crippen LogP contribution in [0.4, 0.5) is 27.5 Å². The van der Waals surface area contributed by atoms with Gasteiger partial charge in [0.2, 0.25) is 0 Å². The predicted molar refractivity (Wildman–Crippen MR) is 164 cm³/mol. The zero-order valence-corrected chi connectivity index (χ0v) is 23.8. The van der Waals surface area contributed by atoms with Gasteiger partial charge in [0.25, 0.3) is 5.91 Å². The van der Waals surface area contributed by atoms with E-state index in [1.807, 2.05) is 54.6 Å². The number of carbonyl (C=O) groups excluding carboxylic acids is 2. The first-order valence-electron chi connectivity index (χ1n) is 14.4. The molecule has 0 aliphatic carbocycles. The van der Waals surface area contributed by atoms with E-state index in [4.69, 9.17) is 9.47 Å². The van der Waals surface area contributed by atoms with E-state index in [1.54, 1.807) is 13.2 Å². The zero-order valence-electron chi connectivity index (χ0n) is 23.8. The first-order chi connectivity index (χ1) is 20.1. The van der Waals surface area contributed by atoms with Crippen LogP contribution in [-0.2, 0) is 11.2 Å². The maximum Gasteiger partial charge on any atom is 0.323 e. The van der Waals surface area contributed by atoms with Crippen LogP contribution in [0.2, 0.25) is 0 Å². The fourth-order valence-electron chi connectivity index (χ4n) is 5.49. The lowest BCUT2D eigenvalue weighted by atomic mass is 10.1. The monoisotopic (exact) mass is 557 g/mol. The quantitative estimate of drug-likeness (QED) is 0.337. The predicted octanol–water partition coefficient (Wildman–Crippen LogP) is 5.14. The number of ether oxygens (including phenoxy) is 2. The molecule has 9 nitrogen and oxygen atoms in total. The van der Waals surface area contributed by atoms with Crippen molar-refractivity contribution in [3.63, 3.8) is 0 Å². The molecular weight excluding hydrogens is 518 g/mol. The number of benzene rings is 3. The number of urea groups is 1. The number of methoxy groups -OCH3 is 1. The van der Waals surface area contributed by atoms with Crippen LogP contribution in [0, 0.1) is 0 Å². The van der Waals surface area contributed by atoms with Gasteiger partial charge in [-0.15, -0.1) is 0 Å². The molecule has 3 N–H and O–H groups in total. The van der Waals surface area contributed by atoms with Crippen molar-refractivity contribution in [1.82, 2.24) is 5.32 Å². The number of para-hydroxylation sites is 3. The van der Waals surface area contributed by atoms with E-state index in [1.165, 1.54) is 0 Å². The number of rotatable bonds is 9. The Kier molecular flexibility index (Phi) is 9.26. The van der Waals surface area contributed by atoms with E-state index in [0.29, 0.717) is 17.8 Å². The average Bonchev–Trinajstić information content (AvgIpc) is 3.54. The van der Waals surface area contributed by atoms with Crippen molar-refractivity contribution in [2.75, 3.05) is 66.9 Å². The minimum Gasteiger partial charge on any atom is -0.495 e. The van der Waals surface area contributed by atoms with Crippen LogP contribution in [0.1, 0.15) is 35.7 Å². The van der Waals surface area contributed by atoms with Gasteiger partial charge in [-0.2, -0.15) is 0 Å². The van der Waals surface area contributed by atoms with Gasteiger partial charge in [-0.25, -0.2) is 4.79 Å². The van der Waals surface area contributed by atoms with E-state index in [-0.39, 0.29) is 18.0 Å². The maximum absolute atomic E-state index is 13.5. The Morgan fingerprint density at radius 3 is 2.39 bits per heavy atom. The standard InChI is InChI=1S/C32H39N5O4/c1-3-23-9-4-5-11-27(23)35-32(39)34-24-14-15-28(26(21-24)31(38)33-22-25-10-8-20-41-25)36-16-18-37(19-17-36)29-12-6-7-13-30(29)40-2/h4-7,9,11-15,21,25H,3,8,10,16-20,22H2,1-2H3,(H,33,38)(H2,34,35,39). The number of aryl methyl sites for hydroxylation is 1. The molecule has 2 heterocycles. The molecular formula is C32H39N5O4. The summed E-state index contributed by atoms with van der Waals surface area (Å²) >= 11 is 0. The second kappa shape index (κ2) is 13.4. The lowest BCUT2D eigenvalue weighted by molar-refractivity contribution is 0.0858. The van der Waals surface area contributed by atoms with E-state index in [2.05, 4.69) is 38.7 Å². The fourth-order valence-corrected chi connectivity index (χ4v) is 5.49. The summed E-state index contributed by atoms with van der Waals surface area (Å²) < 4.78 is 11.3. The van der Waals surface area contributed by atoms with Crippen molar-refractivity contribution in [3.05, 3.63) is 77.9 Å². The van der Waals surface area contributed by atoms with E-state index >= 15 is 0 Å². The van der Waals surface area contributed by atoms with Gasteiger partial charge in [0.1, 0.15) is 5.75 Å². The van der Waals surface area contributed by atoms with Crippen molar-refractivity contribution >= 4 is 34.7 Å². The van der Waals surface area contributed by atoms with E-state index in [0.717, 1.165) is 80.4 Å². The average molecular weight is 558 g/mol. The van der Waals surface area contributed by atoms with Crippen LogP contribution in [0.5, 0.6) is 5.75 Å². The van der Waals surface area contributed by atoms with Crippen LogP contribution < -0.4 is 30.5 Å². The third-order valence-corrected chi connectivity index (χ3v) is 7.71. The van der Waals surface area contributed by atoms with Crippen LogP contribution in [-0.4, -0.2) is 64.5 Å². The van der Waals surface area contributed by atoms with Crippen molar-refractivity contribution in [1.29, 1.82) is 0 Å². The lowest BCUT2D eigenvalue weighted by Crippen LogP contribution is -2.47. The Labute approximate surface area is 241 Å². The second-order valence-corrected chi connectivity index (χ2v) is 10.3. The van der Waals surface area contributed by atoms with Crippen LogP contribution in [0.25, 0.3) is 0 Å². The summed E-state index contributed by atoms with van der Waals surface area (Å²) in [6.45, 7) is 6.31. The normalized spacial score (nSPS) is 16.8. The number of carbonyl (C=O) groups is 2. The van der Waals surface area contributed by atoms with Gasteiger partial charge in [0, 0.05) is 56.4 Å². The van der Waals surface area contributed by atoms with Crippen molar-refractivity contribution in [3.8, 4) is 5.75 Å². The maximum atomic E-state index is 13.5. The first kappa shape index (κ1) is 28.3. The molecule has 9 heteroatoms. The largest absolute Gasteiger partial charge is 0.495 e. The summed E-state index contributed by atoms with van der Waals surface area (Å²) in [5, 5.41) is 8.91. The molecule has 0 saturated carbocycles. The van der Waals surface area contributed by atoms with Gasteiger partial charge >= 0.3 is 6.03 Å². The van der Waals surface area contributed by atoms with E-state index < -0.39 is 0 Å². The number of nitrogens with one attached hydrogen (secondary N) is 3. The number of hydrogen-bond donors (Lipinski definition) is 3. The summed E-state index contributed by atoms with van der Waals surface area (Å²) in [6, 6.07) is 21.0. The van der Waals surface area contributed by atoms with Gasteiger partial charge in [-0.05, 0) is 61.2 Å². The number of nitrogens with zero attached hydrogens (tertiary/aromatic N) is 2. The van der Waals surface area contributed by atoms with Crippen LogP contribution >= 0.6 is 0 Å².